The molecule has 0 unspecified atom stereocenters. The number of hydrogen-bond donors (Lipinski definition) is 0. The van der Waals surface area contributed by atoms with Crippen LogP contribution < -0.4 is 5.56 Å². The van der Waals surface area contributed by atoms with Crippen LogP contribution in [0.15, 0.2) is 59.9 Å². The predicted octanol–water partition coefficient (Wildman–Crippen LogP) is 4.44. The van der Waals surface area contributed by atoms with Gasteiger partial charge < -0.3 is 4.57 Å². The molecule has 1 saturated heterocycles. The standard InChI is InChI=1S/C29H34N6O/c1-20-6-5-11-34(16-20)17-22-9-10-26-30-15-25(27(36)35(26)18-22)23-7-4-8-24(12-23)29(13-21(2)14-29)28-32-31-19-33(28)3/h4,7-10,12,15,18-21H,5-6,11,13-14,16-17H2,1-3H3/t20-,21?,29?/m0/s1. The molecule has 0 radical (unpaired) electrons. The minimum atomic E-state index is -0.167. The number of likely N-dealkylation sites (tertiary alicyclic amines) is 1. The summed E-state index contributed by atoms with van der Waals surface area (Å²) in [6, 6.07) is 12.4. The van der Waals surface area contributed by atoms with Crippen molar-refractivity contribution in [3.8, 4) is 11.1 Å². The second kappa shape index (κ2) is 8.96. The highest BCUT2D eigenvalue weighted by molar-refractivity contribution is 5.65. The normalized spacial score (nSPS) is 24.6. The molecule has 1 saturated carbocycles. The second-order valence-corrected chi connectivity index (χ2v) is 11.2. The average molecular weight is 483 g/mol. The molecule has 3 aromatic heterocycles. The molecule has 186 valence electrons. The van der Waals surface area contributed by atoms with E-state index in [0.29, 0.717) is 17.1 Å². The fourth-order valence-electron chi connectivity index (χ4n) is 6.48. The number of pyridine rings is 1. The zero-order valence-corrected chi connectivity index (χ0v) is 21.4. The summed E-state index contributed by atoms with van der Waals surface area (Å²) in [7, 11) is 2.01. The molecule has 7 nitrogen and oxygen atoms in total. The van der Waals surface area contributed by atoms with E-state index in [2.05, 4.69) is 52.1 Å². The zero-order chi connectivity index (χ0) is 24.9. The Morgan fingerprint density at radius 1 is 1.11 bits per heavy atom. The van der Waals surface area contributed by atoms with Crippen LogP contribution in [0.25, 0.3) is 16.8 Å². The van der Waals surface area contributed by atoms with E-state index in [1.165, 1.54) is 18.4 Å². The largest absolute Gasteiger partial charge is 0.320 e. The van der Waals surface area contributed by atoms with E-state index in [1.807, 2.05) is 36.0 Å². The fraction of sp³-hybridized carbons (Fsp3) is 0.448. The van der Waals surface area contributed by atoms with Crippen LogP contribution in [0.4, 0.5) is 0 Å². The van der Waals surface area contributed by atoms with E-state index in [0.717, 1.165) is 55.3 Å². The summed E-state index contributed by atoms with van der Waals surface area (Å²) in [6.07, 6.45) is 10.1. The van der Waals surface area contributed by atoms with Crippen LogP contribution >= 0.6 is 0 Å². The molecule has 36 heavy (non-hydrogen) atoms. The Bertz CT molecular complexity index is 1460. The Hall–Kier alpha value is -3.32. The lowest BCUT2D eigenvalue weighted by atomic mass is 9.58. The first-order valence-electron chi connectivity index (χ1n) is 13.1. The molecule has 0 amide bonds. The highest BCUT2D eigenvalue weighted by Crippen LogP contribution is 2.51. The lowest BCUT2D eigenvalue weighted by Gasteiger charge is -2.46. The summed E-state index contributed by atoms with van der Waals surface area (Å²) in [5.74, 6) is 2.34. The summed E-state index contributed by atoms with van der Waals surface area (Å²) in [4.78, 5) is 20.8. The third-order valence-corrected chi connectivity index (χ3v) is 8.17. The van der Waals surface area contributed by atoms with Crippen LogP contribution in [0, 0.1) is 11.8 Å². The number of aryl methyl sites for hydroxylation is 1. The quantitative estimate of drug-likeness (QED) is 0.421. The van der Waals surface area contributed by atoms with Gasteiger partial charge in [-0.05, 0) is 72.9 Å². The molecule has 6 rings (SSSR count). The number of rotatable bonds is 5. The first-order chi connectivity index (χ1) is 17.4. The maximum absolute atomic E-state index is 13.7. The van der Waals surface area contributed by atoms with Gasteiger partial charge in [-0.3, -0.25) is 14.1 Å². The highest BCUT2D eigenvalue weighted by Gasteiger charge is 2.48. The lowest BCUT2D eigenvalue weighted by molar-refractivity contribution is 0.176. The molecule has 2 aliphatic rings. The van der Waals surface area contributed by atoms with Gasteiger partial charge in [-0.25, -0.2) is 4.98 Å². The van der Waals surface area contributed by atoms with E-state index in [9.17, 15) is 4.79 Å². The van der Waals surface area contributed by atoms with E-state index < -0.39 is 0 Å². The number of hydrogen-bond acceptors (Lipinski definition) is 5. The molecule has 0 N–H and O–H groups in total. The Morgan fingerprint density at radius 3 is 2.72 bits per heavy atom. The van der Waals surface area contributed by atoms with Gasteiger partial charge >= 0.3 is 0 Å². The average Bonchev–Trinajstić information content (AvgIpc) is 3.28. The summed E-state index contributed by atoms with van der Waals surface area (Å²) in [5, 5.41) is 8.62. The minimum absolute atomic E-state index is 0.0271. The van der Waals surface area contributed by atoms with Crippen molar-refractivity contribution in [3.63, 3.8) is 0 Å². The van der Waals surface area contributed by atoms with Crippen LogP contribution in [0.5, 0.6) is 0 Å². The predicted molar refractivity (Wildman–Crippen MR) is 141 cm³/mol. The summed E-state index contributed by atoms with van der Waals surface area (Å²) in [5.41, 5.74) is 4.34. The third kappa shape index (κ3) is 3.95. The molecule has 0 spiro atoms. The molecule has 7 heteroatoms. The maximum Gasteiger partial charge on any atom is 0.265 e. The maximum atomic E-state index is 13.7. The molecule has 4 heterocycles. The molecule has 1 atom stereocenters. The van der Waals surface area contributed by atoms with Crippen LogP contribution in [-0.2, 0) is 19.0 Å². The molecule has 0 bridgehead atoms. The van der Waals surface area contributed by atoms with Gasteiger partial charge in [0.1, 0.15) is 17.8 Å². The van der Waals surface area contributed by atoms with Crippen molar-refractivity contribution in [1.29, 1.82) is 0 Å². The Labute approximate surface area is 211 Å². The van der Waals surface area contributed by atoms with Gasteiger partial charge in [0, 0.05) is 32.5 Å². The van der Waals surface area contributed by atoms with Crippen molar-refractivity contribution in [2.45, 2.75) is 51.5 Å². The van der Waals surface area contributed by atoms with E-state index in [1.54, 1.807) is 16.9 Å². The molecule has 1 aliphatic heterocycles. The molecule has 2 fully saturated rings. The van der Waals surface area contributed by atoms with Crippen molar-refractivity contribution >= 4 is 5.65 Å². The SMILES string of the molecule is CC1CC(c2cccc(-c3cnc4ccc(CN5CCC[C@H](C)C5)cn4c3=O)c2)(c2nncn2C)C1. The van der Waals surface area contributed by atoms with Crippen molar-refractivity contribution in [2.75, 3.05) is 13.1 Å². The smallest absolute Gasteiger partial charge is 0.265 e. The summed E-state index contributed by atoms with van der Waals surface area (Å²) in [6.45, 7) is 7.70. The first kappa shape index (κ1) is 23.1. The second-order valence-electron chi connectivity index (χ2n) is 11.2. The number of aromatic nitrogens is 5. The molecular weight excluding hydrogens is 448 g/mol. The summed E-state index contributed by atoms with van der Waals surface area (Å²) < 4.78 is 3.74. The van der Waals surface area contributed by atoms with Crippen molar-refractivity contribution in [2.24, 2.45) is 18.9 Å². The molecular formula is C29H34N6O. The number of piperidine rings is 1. The molecule has 1 aliphatic carbocycles. The highest BCUT2D eigenvalue weighted by atomic mass is 16.1. The van der Waals surface area contributed by atoms with Crippen molar-refractivity contribution in [3.05, 3.63) is 82.4 Å². The summed E-state index contributed by atoms with van der Waals surface area (Å²) >= 11 is 0. The number of nitrogens with zero attached hydrogens (tertiary/aromatic N) is 6. The minimum Gasteiger partial charge on any atom is -0.320 e. The van der Waals surface area contributed by atoms with Crippen LogP contribution in [0.2, 0.25) is 0 Å². The van der Waals surface area contributed by atoms with E-state index >= 15 is 0 Å². The zero-order valence-electron chi connectivity index (χ0n) is 21.4. The van der Waals surface area contributed by atoms with E-state index in [4.69, 9.17) is 0 Å². The van der Waals surface area contributed by atoms with Gasteiger partial charge in [-0.1, -0.05) is 38.1 Å². The monoisotopic (exact) mass is 482 g/mol. The van der Waals surface area contributed by atoms with E-state index in [-0.39, 0.29) is 11.0 Å². The Morgan fingerprint density at radius 2 is 1.97 bits per heavy atom. The third-order valence-electron chi connectivity index (χ3n) is 8.17. The first-order valence-corrected chi connectivity index (χ1v) is 13.1. The van der Waals surface area contributed by atoms with Gasteiger partial charge in [0.05, 0.1) is 11.0 Å². The van der Waals surface area contributed by atoms with Gasteiger partial charge in [0.25, 0.3) is 5.56 Å². The molecule has 4 aromatic rings. The van der Waals surface area contributed by atoms with Crippen molar-refractivity contribution < 1.29 is 0 Å². The van der Waals surface area contributed by atoms with Crippen LogP contribution in [-0.4, -0.2) is 42.1 Å². The topological polar surface area (TPSA) is 68.3 Å². The van der Waals surface area contributed by atoms with Gasteiger partial charge in [-0.2, -0.15) is 0 Å². The van der Waals surface area contributed by atoms with Crippen LogP contribution in [0.1, 0.15) is 56.5 Å². The van der Waals surface area contributed by atoms with Crippen LogP contribution in [0.3, 0.4) is 0 Å². The number of fused-ring (bicyclic) bond motifs is 1. The number of benzene rings is 1. The Kier molecular flexibility index (Phi) is 5.75. The Balaban J connectivity index is 1.37. The van der Waals surface area contributed by atoms with Gasteiger partial charge in [0.2, 0.25) is 0 Å². The van der Waals surface area contributed by atoms with Gasteiger partial charge in [-0.15, -0.1) is 10.2 Å². The lowest BCUT2D eigenvalue weighted by Crippen LogP contribution is -2.43. The van der Waals surface area contributed by atoms with Gasteiger partial charge in [0.15, 0.2) is 0 Å². The van der Waals surface area contributed by atoms with Crippen molar-refractivity contribution in [1.82, 2.24) is 29.0 Å². The molecule has 1 aromatic carbocycles. The fourth-order valence-corrected chi connectivity index (χ4v) is 6.48.